The Balaban J connectivity index is 2.05. The molecular weight excluding hydrogens is 248 g/mol. The summed E-state index contributed by atoms with van der Waals surface area (Å²) >= 11 is 0. The van der Waals surface area contributed by atoms with E-state index in [4.69, 9.17) is 0 Å². The fraction of sp³-hybridized carbons (Fsp3) is 0.529. The van der Waals surface area contributed by atoms with E-state index in [1.165, 1.54) is 5.56 Å². The molecule has 1 aliphatic carbocycles. The second-order valence-corrected chi connectivity index (χ2v) is 5.73. The molecule has 106 valence electrons. The summed E-state index contributed by atoms with van der Waals surface area (Å²) < 4.78 is 0. The van der Waals surface area contributed by atoms with Crippen LogP contribution in [0.15, 0.2) is 24.3 Å². The average Bonchev–Trinajstić information content (AvgIpc) is 2.97. The van der Waals surface area contributed by atoms with Crippen molar-refractivity contribution in [2.24, 2.45) is 5.41 Å². The molecule has 0 spiro atoms. The number of nitrogens with zero attached hydrogens (tertiary/aromatic N) is 2. The molecule has 1 amide bonds. The summed E-state index contributed by atoms with van der Waals surface area (Å²) in [4.78, 5) is 14.2. The first kappa shape index (κ1) is 14.6. The van der Waals surface area contributed by atoms with Crippen molar-refractivity contribution in [1.82, 2.24) is 4.90 Å². The average molecular weight is 270 g/mol. The minimum atomic E-state index is -0.766. The number of carbonyl (C=O) groups is 1. The summed E-state index contributed by atoms with van der Waals surface area (Å²) in [7, 11) is 1.80. The van der Waals surface area contributed by atoms with Gasteiger partial charge in [0.1, 0.15) is 5.41 Å². The number of benzene rings is 1. The van der Waals surface area contributed by atoms with Gasteiger partial charge in [-0.3, -0.25) is 4.79 Å². The van der Waals surface area contributed by atoms with Crippen LogP contribution in [0.1, 0.15) is 43.7 Å². The number of aryl methyl sites for hydroxylation is 1. The highest BCUT2D eigenvalue weighted by Crippen LogP contribution is 2.39. The highest BCUT2D eigenvalue weighted by atomic mass is 16.2. The summed E-state index contributed by atoms with van der Waals surface area (Å²) in [6, 6.07) is 10.6. The molecule has 0 atom stereocenters. The van der Waals surface area contributed by atoms with Gasteiger partial charge in [-0.15, -0.1) is 0 Å². The number of nitriles is 1. The second-order valence-electron chi connectivity index (χ2n) is 5.73. The van der Waals surface area contributed by atoms with Gasteiger partial charge in [0.2, 0.25) is 5.91 Å². The summed E-state index contributed by atoms with van der Waals surface area (Å²) in [5.74, 6) is -0.0166. The van der Waals surface area contributed by atoms with E-state index in [1.807, 2.05) is 0 Å². The van der Waals surface area contributed by atoms with E-state index in [0.717, 1.165) is 24.8 Å². The Kier molecular flexibility index (Phi) is 4.44. The number of rotatable bonds is 4. The van der Waals surface area contributed by atoms with E-state index >= 15 is 0 Å². The summed E-state index contributed by atoms with van der Waals surface area (Å²) in [5.41, 5.74) is 1.65. The van der Waals surface area contributed by atoms with Crippen molar-refractivity contribution in [2.75, 3.05) is 7.05 Å². The van der Waals surface area contributed by atoms with Crippen molar-refractivity contribution in [2.45, 2.75) is 45.6 Å². The van der Waals surface area contributed by atoms with Crippen molar-refractivity contribution in [3.8, 4) is 6.07 Å². The maximum absolute atomic E-state index is 12.5. The van der Waals surface area contributed by atoms with Gasteiger partial charge in [0.25, 0.3) is 0 Å². The number of amides is 1. The molecule has 0 N–H and O–H groups in total. The van der Waals surface area contributed by atoms with E-state index in [0.29, 0.717) is 19.4 Å². The molecule has 1 aliphatic rings. The molecular formula is C17H22N2O. The number of hydrogen-bond donors (Lipinski definition) is 0. The van der Waals surface area contributed by atoms with Crippen LogP contribution >= 0.6 is 0 Å². The molecule has 1 saturated carbocycles. The van der Waals surface area contributed by atoms with Crippen molar-refractivity contribution < 1.29 is 4.79 Å². The van der Waals surface area contributed by atoms with Crippen molar-refractivity contribution >= 4 is 5.91 Å². The third-order valence-corrected chi connectivity index (χ3v) is 4.28. The van der Waals surface area contributed by atoms with E-state index in [9.17, 15) is 10.1 Å². The number of hydrogen-bond acceptors (Lipinski definition) is 2. The standard InChI is InChI=1S/C17H22N2O/c1-3-14-6-8-15(9-7-14)12-19(2)16(20)17(13-18)10-4-5-11-17/h6-9H,3-5,10-12H2,1-2H3. The Hall–Kier alpha value is -1.82. The predicted octanol–water partition coefficient (Wildman–Crippen LogP) is 3.29. The number of carbonyl (C=O) groups excluding carboxylic acids is 1. The zero-order valence-electron chi connectivity index (χ0n) is 12.4. The highest BCUT2D eigenvalue weighted by molar-refractivity contribution is 5.85. The Bertz CT molecular complexity index is 507. The molecule has 3 nitrogen and oxygen atoms in total. The fourth-order valence-corrected chi connectivity index (χ4v) is 2.94. The molecule has 20 heavy (non-hydrogen) atoms. The lowest BCUT2D eigenvalue weighted by Gasteiger charge is -2.26. The lowest BCUT2D eigenvalue weighted by atomic mass is 9.86. The second kappa shape index (κ2) is 6.09. The van der Waals surface area contributed by atoms with Crippen LogP contribution in [0.3, 0.4) is 0 Å². The van der Waals surface area contributed by atoms with Crippen LogP contribution < -0.4 is 0 Å². The van der Waals surface area contributed by atoms with Crippen LogP contribution in [-0.2, 0) is 17.8 Å². The van der Waals surface area contributed by atoms with E-state index in [2.05, 4.69) is 37.3 Å². The monoisotopic (exact) mass is 270 g/mol. The third-order valence-electron chi connectivity index (χ3n) is 4.28. The van der Waals surface area contributed by atoms with Crippen LogP contribution in [0, 0.1) is 16.7 Å². The zero-order chi connectivity index (χ0) is 14.6. The fourth-order valence-electron chi connectivity index (χ4n) is 2.94. The Morgan fingerprint density at radius 1 is 1.25 bits per heavy atom. The van der Waals surface area contributed by atoms with Crippen molar-refractivity contribution in [3.05, 3.63) is 35.4 Å². The van der Waals surface area contributed by atoms with Gasteiger partial charge in [-0.25, -0.2) is 0 Å². The molecule has 0 bridgehead atoms. The third kappa shape index (κ3) is 2.85. The highest BCUT2D eigenvalue weighted by Gasteiger charge is 2.43. The van der Waals surface area contributed by atoms with Crippen LogP contribution in [0.25, 0.3) is 0 Å². The Morgan fingerprint density at radius 2 is 1.80 bits per heavy atom. The Morgan fingerprint density at radius 3 is 2.30 bits per heavy atom. The normalized spacial score (nSPS) is 16.6. The topological polar surface area (TPSA) is 44.1 Å². The van der Waals surface area contributed by atoms with E-state index in [-0.39, 0.29) is 5.91 Å². The molecule has 0 radical (unpaired) electrons. The zero-order valence-corrected chi connectivity index (χ0v) is 12.4. The van der Waals surface area contributed by atoms with Gasteiger partial charge >= 0.3 is 0 Å². The Labute approximate surface area is 121 Å². The summed E-state index contributed by atoms with van der Waals surface area (Å²) in [6.07, 6.45) is 4.41. The van der Waals surface area contributed by atoms with Gasteiger partial charge in [0, 0.05) is 13.6 Å². The minimum absolute atomic E-state index is 0.0166. The molecule has 0 saturated heterocycles. The van der Waals surface area contributed by atoms with E-state index in [1.54, 1.807) is 11.9 Å². The van der Waals surface area contributed by atoms with Gasteiger partial charge in [-0.1, -0.05) is 44.0 Å². The summed E-state index contributed by atoms with van der Waals surface area (Å²) in [6.45, 7) is 2.70. The lowest BCUT2D eigenvalue weighted by molar-refractivity contribution is -0.138. The van der Waals surface area contributed by atoms with Gasteiger partial charge < -0.3 is 4.90 Å². The molecule has 1 aromatic rings. The molecule has 3 heteroatoms. The largest absolute Gasteiger partial charge is 0.340 e. The molecule has 0 aromatic heterocycles. The van der Waals surface area contributed by atoms with Crippen LogP contribution in [0.2, 0.25) is 0 Å². The lowest BCUT2D eigenvalue weighted by Crippen LogP contribution is -2.39. The minimum Gasteiger partial charge on any atom is -0.340 e. The SMILES string of the molecule is CCc1ccc(CN(C)C(=O)C2(C#N)CCCC2)cc1. The molecule has 0 aliphatic heterocycles. The molecule has 1 fully saturated rings. The maximum Gasteiger partial charge on any atom is 0.243 e. The van der Waals surface area contributed by atoms with Crippen LogP contribution in [0.5, 0.6) is 0 Å². The summed E-state index contributed by atoms with van der Waals surface area (Å²) in [5, 5.41) is 9.37. The first-order valence-electron chi connectivity index (χ1n) is 7.36. The molecule has 2 rings (SSSR count). The predicted molar refractivity (Wildman–Crippen MR) is 78.8 cm³/mol. The van der Waals surface area contributed by atoms with Crippen molar-refractivity contribution in [1.29, 1.82) is 5.26 Å². The van der Waals surface area contributed by atoms with Crippen LogP contribution in [0.4, 0.5) is 0 Å². The smallest absolute Gasteiger partial charge is 0.243 e. The van der Waals surface area contributed by atoms with Gasteiger partial charge in [0.05, 0.1) is 6.07 Å². The first-order chi connectivity index (χ1) is 9.61. The van der Waals surface area contributed by atoms with Crippen molar-refractivity contribution in [3.63, 3.8) is 0 Å². The van der Waals surface area contributed by atoms with Crippen LogP contribution in [-0.4, -0.2) is 17.9 Å². The maximum atomic E-state index is 12.5. The first-order valence-corrected chi connectivity index (χ1v) is 7.36. The van der Waals surface area contributed by atoms with Gasteiger partial charge in [0.15, 0.2) is 0 Å². The molecule has 0 heterocycles. The van der Waals surface area contributed by atoms with E-state index < -0.39 is 5.41 Å². The molecule has 1 aromatic carbocycles. The van der Waals surface area contributed by atoms with Gasteiger partial charge in [-0.05, 0) is 30.4 Å². The van der Waals surface area contributed by atoms with Gasteiger partial charge in [-0.2, -0.15) is 5.26 Å². The molecule has 0 unspecified atom stereocenters. The quantitative estimate of drug-likeness (QED) is 0.842.